The van der Waals surface area contributed by atoms with Crippen LogP contribution in [0.1, 0.15) is 24.2 Å². The zero-order chi connectivity index (χ0) is 13.0. The summed E-state index contributed by atoms with van der Waals surface area (Å²) in [6, 6.07) is 9.72. The molecule has 1 aromatic carbocycles. The summed E-state index contributed by atoms with van der Waals surface area (Å²) in [5.41, 5.74) is 4.91. The predicted molar refractivity (Wildman–Crippen MR) is 70.1 cm³/mol. The fraction of sp³-hybridized carbons (Fsp3) is 0.308. The first-order valence-electron chi connectivity index (χ1n) is 5.92. The number of aryl methyl sites for hydroxylation is 1. The van der Waals surface area contributed by atoms with E-state index in [1.165, 1.54) is 0 Å². The standard InChI is InChI=1S/C13H18N4O/c1-3-17-12(7-8-15-17)13(16-14)10-5-4-6-11(9-10)18-2/h4-9,13,16H,3,14H2,1-2H3. The van der Waals surface area contributed by atoms with Gasteiger partial charge in [0.25, 0.3) is 0 Å². The minimum absolute atomic E-state index is 0.0949. The Hall–Kier alpha value is -1.85. The van der Waals surface area contributed by atoms with Gasteiger partial charge in [0.05, 0.1) is 18.8 Å². The molecule has 1 aromatic heterocycles. The van der Waals surface area contributed by atoms with Crippen LogP contribution in [0.5, 0.6) is 5.75 Å². The molecule has 0 aliphatic carbocycles. The van der Waals surface area contributed by atoms with E-state index in [0.29, 0.717) is 0 Å². The first kappa shape index (κ1) is 12.6. The van der Waals surface area contributed by atoms with Crippen LogP contribution in [0.25, 0.3) is 0 Å². The number of ether oxygens (including phenoxy) is 1. The van der Waals surface area contributed by atoms with Gasteiger partial charge in [-0.15, -0.1) is 0 Å². The number of hydrazine groups is 1. The SMILES string of the molecule is CCn1nccc1C(NN)c1cccc(OC)c1. The first-order chi connectivity index (χ1) is 8.80. The number of benzene rings is 1. The molecule has 0 bridgehead atoms. The first-order valence-corrected chi connectivity index (χ1v) is 5.92. The van der Waals surface area contributed by atoms with Crippen LogP contribution in [0.15, 0.2) is 36.5 Å². The number of hydrogen-bond acceptors (Lipinski definition) is 4. The van der Waals surface area contributed by atoms with Gasteiger partial charge in [0, 0.05) is 12.7 Å². The summed E-state index contributed by atoms with van der Waals surface area (Å²) in [5, 5.41) is 4.26. The molecule has 1 unspecified atom stereocenters. The Morgan fingerprint density at radius 1 is 1.44 bits per heavy atom. The maximum absolute atomic E-state index is 5.68. The van der Waals surface area contributed by atoms with Crippen molar-refractivity contribution in [3.05, 3.63) is 47.8 Å². The second kappa shape index (κ2) is 5.66. The molecule has 0 fully saturated rings. The molecule has 96 valence electrons. The van der Waals surface area contributed by atoms with E-state index in [2.05, 4.69) is 17.4 Å². The second-order valence-corrected chi connectivity index (χ2v) is 3.95. The Bertz CT molecular complexity index is 509. The van der Waals surface area contributed by atoms with Crippen molar-refractivity contribution in [2.24, 2.45) is 5.84 Å². The van der Waals surface area contributed by atoms with Crippen molar-refractivity contribution in [1.82, 2.24) is 15.2 Å². The molecular formula is C13H18N4O. The largest absolute Gasteiger partial charge is 0.497 e. The normalized spacial score (nSPS) is 12.4. The number of rotatable bonds is 5. The molecule has 2 aromatic rings. The van der Waals surface area contributed by atoms with Crippen molar-refractivity contribution < 1.29 is 4.74 Å². The topological polar surface area (TPSA) is 65.1 Å². The van der Waals surface area contributed by atoms with Gasteiger partial charge in [0.2, 0.25) is 0 Å². The highest BCUT2D eigenvalue weighted by atomic mass is 16.5. The molecule has 1 atom stereocenters. The maximum Gasteiger partial charge on any atom is 0.119 e. The van der Waals surface area contributed by atoms with Crippen molar-refractivity contribution in [3.63, 3.8) is 0 Å². The number of nitrogens with one attached hydrogen (secondary N) is 1. The molecule has 0 amide bonds. The van der Waals surface area contributed by atoms with E-state index in [1.54, 1.807) is 13.3 Å². The fourth-order valence-corrected chi connectivity index (χ4v) is 2.03. The highest BCUT2D eigenvalue weighted by Crippen LogP contribution is 2.24. The van der Waals surface area contributed by atoms with Crippen molar-refractivity contribution >= 4 is 0 Å². The van der Waals surface area contributed by atoms with Crippen LogP contribution < -0.4 is 16.0 Å². The summed E-state index contributed by atoms with van der Waals surface area (Å²) in [4.78, 5) is 0. The predicted octanol–water partition coefficient (Wildman–Crippen LogP) is 1.46. The smallest absolute Gasteiger partial charge is 0.119 e. The third-order valence-corrected chi connectivity index (χ3v) is 2.94. The molecule has 0 aliphatic heterocycles. The summed E-state index contributed by atoms with van der Waals surface area (Å²) in [5.74, 6) is 6.49. The number of methoxy groups -OCH3 is 1. The van der Waals surface area contributed by atoms with E-state index in [4.69, 9.17) is 10.6 Å². The molecule has 0 spiro atoms. The van der Waals surface area contributed by atoms with Gasteiger partial charge in [-0.3, -0.25) is 10.5 Å². The van der Waals surface area contributed by atoms with E-state index in [1.807, 2.05) is 35.0 Å². The van der Waals surface area contributed by atoms with Gasteiger partial charge in [-0.2, -0.15) is 5.10 Å². The molecule has 0 aliphatic rings. The molecule has 5 nitrogen and oxygen atoms in total. The second-order valence-electron chi connectivity index (χ2n) is 3.95. The summed E-state index contributed by atoms with van der Waals surface area (Å²) in [6.07, 6.45) is 1.78. The Balaban J connectivity index is 2.38. The lowest BCUT2D eigenvalue weighted by atomic mass is 10.0. The number of aromatic nitrogens is 2. The monoisotopic (exact) mass is 246 g/mol. The molecule has 5 heteroatoms. The molecule has 0 saturated carbocycles. The summed E-state index contributed by atoms with van der Waals surface area (Å²) in [7, 11) is 1.65. The van der Waals surface area contributed by atoms with Gasteiger partial charge in [-0.1, -0.05) is 12.1 Å². The number of nitrogens with two attached hydrogens (primary N) is 1. The Morgan fingerprint density at radius 2 is 2.28 bits per heavy atom. The van der Waals surface area contributed by atoms with Gasteiger partial charge in [-0.25, -0.2) is 5.43 Å². The lowest BCUT2D eigenvalue weighted by Crippen LogP contribution is -2.30. The van der Waals surface area contributed by atoms with Crippen LogP contribution in [0.2, 0.25) is 0 Å². The van der Waals surface area contributed by atoms with Crippen molar-refractivity contribution in [3.8, 4) is 5.75 Å². The lowest BCUT2D eigenvalue weighted by molar-refractivity contribution is 0.413. The molecular weight excluding hydrogens is 228 g/mol. The third kappa shape index (κ3) is 2.37. The van der Waals surface area contributed by atoms with E-state index < -0.39 is 0 Å². The lowest BCUT2D eigenvalue weighted by Gasteiger charge is -2.18. The van der Waals surface area contributed by atoms with E-state index >= 15 is 0 Å². The van der Waals surface area contributed by atoms with Gasteiger partial charge in [-0.05, 0) is 30.7 Å². The van der Waals surface area contributed by atoms with Crippen molar-refractivity contribution in [2.45, 2.75) is 19.5 Å². The van der Waals surface area contributed by atoms with Gasteiger partial charge in [0.1, 0.15) is 5.75 Å². The van der Waals surface area contributed by atoms with Gasteiger partial charge < -0.3 is 4.74 Å². The third-order valence-electron chi connectivity index (χ3n) is 2.94. The highest BCUT2D eigenvalue weighted by Gasteiger charge is 2.16. The average Bonchev–Trinajstić information content (AvgIpc) is 2.88. The summed E-state index contributed by atoms with van der Waals surface area (Å²) in [6.45, 7) is 2.86. The average molecular weight is 246 g/mol. The van der Waals surface area contributed by atoms with Gasteiger partial charge in [0.15, 0.2) is 0 Å². The minimum Gasteiger partial charge on any atom is -0.497 e. The van der Waals surface area contributed by atoms with Crippen LogP contribution in [0, 0.1) is 0 Å². The van der Waals surface area contributed by atoms with Crippen LogP contribution in [-0.4, -0.2) is 16.9 Å². The van der Waals surface area contributed by atoms with Crippen LogP contribution in [0.3, 0.4) is 0 Å². The minimum atomic E-state index is -0.0949. The Labute approximate surface area is 107 Å². The Morgan fingerprint density at radius 3 is 2.94 bits per heavy atom. The van der Waals surface area contributed by atoms with E-state index in [9.17, 15) is 0 Å². The van der Waals surface area contributed by atoms with Crippen molar-refractivity contribution in [1.29, 1.82) is 0 Å². The van der Waals surface area contributed by atoms with E-state index in [-0.39, 0.29) is 6.04 Å². The number of hydrogen-bond donors (Lipinski definition) is 2. The highest BCUT2D eigenvalue weighted by molar-refractivity contribution is 5.34. The fourth-order valence-electron chi connectivity index (χ4n) is 2.03. The van der Waals surface area contributed by atoms with Crippen LogP contribution in [-0.2, 0) is 6.54 Å². The van der Waals surface area contributed by atoms with Crippen LogP contribution in [0.4, 0.5) is 0 Å². The molecule has 3 N–H and O–H groups in total. The molecule has 0 radical (unpaired) electrons. The van der Waals surface area contributed by atoms with Crippen molar-refractivity contribution in [2.75, 3.05) is 7.11 Å². The maximum atomic E-state index is 5.68. The number of nitrogens with zero attached hydrogens (tertiary/aromatic N) is 2. The molecule has 2 rings (SSSR count). The molecule has 1 heterocycles. The summed E-state index contributed by atoms with van der Waals surface area (Å²) >= 11 is 0. The summed E-state index contributed by atoms with van der Waals surface area (Å²) < 4.78 is 7.15. The Kier molecular flexibility index (Phi) is 3.96. The van der Waals surface area contributed by atoms with E-state index in [0.717, 1.165) is 23.6 Å². The zero-order valence-electron chi connectivity index (χ0n) is 10.6. The molecule has 18 heavy (non-hydrogen) atoms. The quantitative estimate of drug-likeness (QED) is 0.619. The molecule has 0 saturated heterocycles. The zero-order valence-corrected chi connectivity index (χ0v) is 10.6. The van der Waals surface area contributed by atoms with Gasteiger partial charge >= 0.3 is 0 Å². The van der Waals surface area contributed by atoms with Crippen LogP contribution >= 0.6 is 0 Å².